The van der Waals surface area contributed by atoms with Crippen molar-refractivity contribution < 1.29 is 19.1 Å². The van der Waals surface area contributed by atoms with Crippen molar-refractivity contribution in [2.24, 2.45) is 0 Å². The Hall–Kier alpha value is -2.11. The summed E-state index contributed by atoms with van der Waals surface area (Å²) >= 11 is 0. The molecule has 1 aromatic rings. The SMILES string of the molecule is CC1CN(C(=O)O)CCN1C(=O)c1ccc(F)cc1. The summed E-state index contributed by atoms with van der Waals surface area (Å²) in [5, 5.41) is 8.91. The monoisotopic (exact) mass is 266 g/mol. The largest absolute Gasteiger partial charge is 0.465 e. The first-order chi connectivity index (χ1) is 8.99. The summed E-state index contributed by atoms with van der Waals surface area (Å²) in [6, 6.07) is 5.17. The lowest BCUT2D eigenvalue weighted by Gasteiger charge is -2.38. The van der Waals surface area contributed by atoms with Crippen molar-refractivity contribution in [3.63, 3.8) is 0 Å². The highest BCUT2D eigenvalue weighted by Crippen LogP contribution is 2.14. The van der Waals surface area contributed by atoms with E-state index in [0.29, 0.717) is 25.2 Å². The molecule has 1 saturated heterocycles. The van der Waals surface area contributed by atoms with Gasteiger partial charge in [-0.3, -0.25) is 4.79 Å². The molecule has 0 bridgehead atoms. The van der Waals surface area contributed by atoms with Crippen LogP contribution in [0.3, 0.4) is 0 Å². The van der Waals surface area contributed by atoms with Crippen LogP contribution in [0.25, 0.3) is 0 Å². The predicted molar refractivity (Wildman–Crippen MR) is 66.5 cm³/mol. The van der Waals surface area contributed by atoms with Gasteiger partial charge in [0.2, 0.25) is 0 Å². The molecule has 1 aromatic carbocycles. The fraction of sp³-hybridized carbons (Fsp3) is 0.385. The summed E-state index contributed by atoms with van der Waals surface area (Å²) in [5.74, 6) is -0.585. The third-order valence-corrected chi connectivity index (χ3v) is 3.25. The zero-order valence-corrected chi connectivity index (χ0v) is 10.5. The first kappa shape index (κ1) is 13.3. The van der Waals surface area contributed by atoms with Crippen molar-refractivity contribution in [2.75, 3.05) is 19.6 Å². The number of amides is 2. The molecule has 0 aromatic heterocycles. The molecule has 0 radical (unpaired) electrons. The summed E-state index contributed by atoms with van der Waals surface area (Å²) in [6.45, 7) is 2.75. The molecule has 1 unspecified atom stereocenters. The molecule has 2 amide bonds. The zero-order valence-electron chi connectivity index (χ0n) is 10.5. The first-order valence-corrected chi connectivity index (χ1v) is 6.03. The highest BCUT2D eigenvalue weighted by Gasteiger charge is 2.29. The summed E-state index contributed by atoms with van der Waals surface area (Å²) in [6.07, 6.45) is -0.972. The highest BCUT2D eigenvalue weighted by atomic mass is 19.1. The Morgan fingerprint density at radius 3 is 2.42 bits per heavy atom. The van der Waals surface area contributed by atoms with E-state index < -0.39 is 6.09 Å². The summed E-state index contributed by atoms with van der Waals surface area (Å²) in [4.78, 5) is 26.0. The minimum Gasteiger partial charge on any atom is -0.465 e. The Morgan fingerprint density at radius 2 is 1.89 bits per heavy atom. The van der Waals surface area contributed by atoms with Crippen molar-refractivity contribution in [3.05, 3.63) is 35.6 Å². The number of nitrogens with zero attached hydrogens (tertiary/aromatic N) is 2. The van der Waals surface area contributed by atoms with E-state index in [0.717, 1.165) is 0 Å². The maximum Gasteiger partial charge on any atom is 0.407 e. The molecule has 1 aliphatic rings. The third-order valence-electron chi connectivity index (χ3n) is 3.25. The predicted octanol–water partition coefficient (Wildman–Crippen LogP) is 1.65. The number of benzene rings is 1. The van der Waals surface area contributed by atoms with Crippen LogP contribution in [0.4, 0.5) is 9.18 Å². The Balaban J connectivity index is 2.08. The number of rotatable bonds is 1. The molecule has 6 heteroatoms. The second-order valence-electron chi connectivity index (χ2n) is 4.58. The number of carbonyl (C=O) groups excluding carboxylic acids is 1. The third kappa shape index (κ3) is 2.83. The van der Waals surface area contributed by atoms with E-state index in [9.17, 15) is 14.0 Å². The van der Waals surface area contributed by atoms with Crippen molar-refractivity contribution >= 4 is 12.0 Å². The van der Waals surface area contributed by atoms with Crippen LogP contribution in [-0.4, -0.2) is 52.6 Å². The molecule has 5 nitrogen and oxygen atoms in total. The molecule has 102 valence electrons. The van der Waals surface area contributed by atoms with Crippen LogP contribution in [0.2, 0.25) is 0 Å². The van der Waals surface area contributed by atoms with E-state index >= 15 is 0 Å². The van der Waals surface area contributed by atoms with E-state index in [4.69, 9.17) is 5.11 Å². The summed E-state index contributed by atoms with van der Waals surface area (Å²) in [5.41, 5.74) is 0.414. The van der Waals surface area contributed by atoms with E-state index in [1.165, 1.54) is 29.2 Å². The van der Waals surface area contributed by atoms with E-state index in [2.05, 4.69) is 0 Å². The van der Waals surface area contributed by atoms with E-state index in [-0.39, 0.29) is 17.8 Å². The molecular formula is C13H15FN2O3. The van der Waals surface area contributed by atoms with E-state index in [1.54, 1.807) is 11.8 Å². The molecule has 1 atom stereocenters. The van der Waals surface area contributed by atoms with Gasteiger partial charge >= 0.3 is 6.09 Å². The Kier molecular flexibility index (Phi) is 3.69. The second kappa shape index (κ2) is 5.26. The van der Waals surface area contributed by atoms with Crippen molar-refractivity contribution in [2.45, 2.75) is 13.0 Å². The lowest BCUT2D eigenvalue weighted by atomic mass is 10.1. The van der Waals surface area contributed by atoms with Gasteiger partial charge in [0.15, 0.2) is 0 Å². The van der Waals surface area contributed by atoms with E-state index in [1.807, 2.05) is 0 Å². The number of carboxylic acid groups (broad SMARTS) is 1. The van der Waals surface area contributed by atoms with Gasteiger partial charge in [-0.25, -0.2) is 9.18 Å². The molecule has 2 rings (SSSR count). The van der Waals surface area contributed by atoms with Crippen LogP contribution in [0, 0.1) is 5.82 Å². The average molecular weight is 266 g/mol. The summed E-state index contributed by atoms with van der Waals surface area (Å²) < 4.78 is 12.8. The number of halogens is 1. The molecule has 1 heterocycles. The second-order valence-corrected chi connectivity index (χ2v) is 4.58. The maximum absolute atomic E-state index is 12.8. The van der Waals surface area contributed by atoms with Gasteiger partial charge in [-0.05, 0) is 31.2 Å². The van der Waals surface area contributed by atoms with Crippen molar-refractivity contribution in [1.82, 2.24) is 9.80 Å². The fourth-order valence-corrected chi connectivity index (χ4v) is 2.19. The van der Waals surface area contributed by atoms with Gasteiger partial charge in [-0.2, -0.15) is 0 Å². The lowest BCUT2D eigenvalue weighted by molar-refractivity contribution is 0.0484. The highest BCUT2D eigenvalue weighted by molar-refractivity contribution is 5.94. The van der Waals surface area contributed by atoms with Crippen LogP contribution < -0.4 is 0 Å². The minimum absolute atomic E-state index is 0.192. The van der Waals surface area contributed by atoms with Gasteiger partial charge in [-0.15, -0.1) is 0 Å². The molecule has 1 aliphatic heterocycles. The number of piperazine rings is 1. The molecule has 0 spiro atoms. The molecule has 0 aliphatic carbocycles. The van der Waals surface area contributed by atoms with Gasteiger partial charge in [-0.1, -0.05) is 0 Å². The Bertz CT molecular complexity index is 489. The van der Waals surface area contributed by atoms with Gasteiger partial charge in [0.25, 0.3) is 5.91 Å². The maximum atomic E-state index is 12.8. The lowest BCUT2D eigenvalue weighted by Crippen LogP contribution is -2.55. The number of hydrogen-bond donors (Lipinski definition) is 1. The van der Waals surface area contributed by atoms with Gasteiger partial charge < -0.3 is 14.9 Å². The topological polar surface area (TPSA) is 60.9 Å². The molecule has 1 N–H and O–H groups in total. The van der Waals surface area contributed by atoms with Crippen LogP contribution in [-0.2, 0) is 0 Å². The molecule has 19 heavy (non-hydrogen) atoms. The van der Waals surface area contributed by atoms with Crippen LogP contribution >= 0.6 is 0 Å². The normalized spacial score (nSPS) is 19.4. The zero-order chi connectivity index (χ0) is 14.0. The summed E-state index contributed by atoms with van der Waals surface area (Å²) in [7, 11) is 0. The number of hydrogen-bond acceptors (Lipinski definition) is 2. The molecule has 0 saturated carbocycles. The number of carbonyl (C=O) groups is 2. The van der Waals surface area contributed by atoms with Crippen LogP contribution in [0.15, 0.2) is 24.3 Å². The van der Waals surface area contributed by atoms with Gasteiger partial charge in [0, 0.05) is 31.2 Å². The van der Waals surface area contributed by atoms with Gasteiger partial charge in [0.05, 0.1) is 0 Å². The Morgan fingerprint density at radius 1 is 1.26 bits per heavy atom. The first-order valence-electron chi connectivity index (χ1n) is 6.03. The minimum atomic E-state index is -0.972. The Labute approximate surface area is 110 Å². The fourth-order valence-electron chi connectivity index (χ4n) is 2.19. The van der Waals surface area contributed by atoms with Crippen LogP contribution in [0.5, 0.6) is 0 Å². The van der Waals surface area contributed by atoms with Crippen LogP contribution in [0.1, 0.15) is 17.3 Å². The standard InChI is InChI=1S/C13H15FN2O3/c1-9-8-15(13(18)19)6-7-16(9)12(17)10-2-4-11(14)5-3-10/h2-5,9H,6-8H2,1H3,(H,18,19). The van der Waals surface area contributed by atoms with Crippen molar-refractivity contribution in [3.8, 4) is 0 Å². The smallest absolute Gasteiger partial charge is 0.407 e. The average Bonchev–Trinajstić information content (AvgIpc) is 2.38. The van der Waals surface area contributed by atoms with Crippen molar-refractivity contribution in [1.29, 1.82) is 0 Å². The van der Waals surface area contributed by atoms with Gasteiger partial charge in [0.1, 0.15) is 5.82 Å². The quantitative estimate of drug-likeness (QED) is 0.840. The molecular weight excluding hydrogens is 251 g/mol. The molecule has 1 fully saturated rings.